The van der Waals surface area contributed by atoms with E-state index in [-0.39, 0.29) is 42.0 Å². The van der Waals surface area contributed by atoms with Crippen molar-refractivity contribution in [3.63, 3.8) is 0 Å². The van der Waals surface area contributed by atoms with Crippen molar-refractivity contribution in [2.75, 3.05) is 46.6 Å². The number of nitrogen functional groups attached to an aromatic ring is 1. The monoisotopic (exact) mass is 512 g/mol. The molecule has 32 heavy (non-hydrogen) atoms. The number of nitrogens with zero attached hydrogens (tertiary/aromatic N) is 3. The molecular formula is C14H27N4NaO11P2+2. The van der Waals surface area contributed by atoms with E-state index in [9.17, 15) is 33.9 Å². The molecule has 0 aliphatic carbocycles. The van der Waals surface area contributed by atoms with Crippen LogP contribution >= 0.6 is 15.6 Å². The first-order valence-electron chi connectivity index (χ1n) is 8.93. The van der Waals surface area contributed by atoms with Crippen molar-refractivity contribution in [1.29, 1.82) is 0 Å². The molecule has 1 aliphatic rings. The van der Waals surface area contributed by atoms with Crippen LogP contribution in [0.25, 0.3) is 0 Å². The Balaban J connectivity index is 0.00000512. The minimum absolute atomic E-state index is 0. The summed E-state index contributed by atoms with van der Waals surface area (Å²) in [5.74, 6) is -0.0652. The summed E-state index contributed by atoms with van der Waals surface area (Å²) < 4.78 is 43.9. The standard InChI is InChI=1S/C14H26N4O11P2.Na/c1-18(2,3)6-7-26-30(22,23)29-31(24,25)27-8-9-11(19)12(20)13(28-9)17-5-4-10(15)16-14(17)21;/h4-5,9,11-13,19-20H,6-8H2,1-3H3,(H3-,15,16,21,22,23,24,25);/q;+1/p+1/t9-,11-,12-,13-;/m0./s1. The number of rotatable bonds is 10. The summed E-state index contributed by atoms with van der Waals surface area (Å²) in [7, 11) is -4.64. The van der Waals surface area contributed by atoms with Gasteiger partial charge in [0.2, 0.25) is 0 Å². The molecule has 0 radical (unpaired) electrons. The average molecular weight is 512 g/mol. The minimum Gasteiger partial charge on any atom is -0.387 e. The largest absolute Gasteiger partial charge is 1.00 e. The Labute approximate surface area is 205 Å². The van der Waals surface area contributed by atoms with Gasteiger partial charge in [-0.25, -0.2) is 13.9 Å². The van der Waals surface area contributed by atoms with E-state index in [4.69, 9.17) is 10.5 Å². The zero-order chi connectivity index (χ0) is 23.6. The van der Waals surface area contributed by atoms with E-state index in [1.165, 1.54) is 12.3 Å². The molecule has 0 amide bonds. The van der Waals surface area contributed by atoms with E-state index in [0.29, 0.717) is 11.0 Å². The molecule has 6 atom stereocenters. The van der Waals surface area contributed by atoms with Crippen LogP contribution in [0.2, 0.25) is 0 Å². The van der Waals surface area contributed by atoms with Crippen LogP contribution in [0.1, 0.15) is 6.23 Å². The third-order valence-electron chi connectivity index (χ3n) is 4.09. The number of hydrogen-bond acceptors (Lipinski definition) is 11. The number of likely N-dealkylation sites (N-methyl/N-ethyl adjacent to an activating group) is 1. The summed E-state index contributed by atoms with van der Waals surface area (Å²) in [5.41, 5.74) is 4.53. The predicted molar refractivity (Wildman–Crippen MR) is 104 cm³/mol. The zero-order valence-electron chi connectivity index (χ0n) is 18.0. The van der Waals surface area contributed by atoms with Gasteiger partial charge in [0.05, 0.1) is 27.7 Å². The van der Waals surface area contributed by atoms with Crippen LogP contribution in [0.4, 0.5) is 5.82 Å². The third kappa shape index (κ3) is 8.85. The molecule has 178 valence electrons. The Bertz CT molecular complexity index is 927. The van der Waals surface area contributed by atoms with Crippen LogP contribution in [0, 0.1) is 0 Å². The number of aliphatic hydroxyl groups excluding tert-OH is 2. The molecular weight excluding hydrogens is 485 g/mol. The number of hydrogen-bond donors (Lipinski definition) is 5. The Morgan fingerprint density at radius 3 is 2.34 bits per heavy atom. The van der Waals surface area contributed by atoms with Crippen LogP contribution in [0.5, 0.6) is 0 Å². The molecule has 2 unspecified atom stereocenters. The maximum absolute atomic E-state index is 12.0. The van der Waals surface area contributed by atoms with Gasteiger partial charge in [-0.3, -0.25) is 13.6 Å². The maximum atomic E-state index is 12.0. The zero-order valence-corrected chi connectivity index (χ0v) is 21.8. The van der Waals surface area contributed by atoms with E-state index in [2.05, 4.69) is 18.3 Å². The van der Waals surface area contributed by atoms with Crippen molar-refractivity contribution in [3.8, 4) is 0 Å². The molecule has 1 aromatic heterocycles. The van der Waals surface area contributed by atoms with Crippen molar-refractivity contribution in [2.45, 2.75) is 24.5 Å². The summed E-state index contributed by atoms with van der Waals surface area (Å²) >= 11 is 0. The van der Waals surface area contributed by atoms with Gasteiger partial charge >= 0.3 is 50.9 Å². The smallest absolute Gasteiger partial charge is 0.387 e. The van der Waals surface area contributed by atoms with Crippen molar-refractivity contribution < 1.29 is 81.3 Å². The molecule has 0 bridgehead atoms. The normalized spacial score (nSPS) is 27.3. The first-order chi connectivity index (χ1) is 14.1. The van der Waals surface area contributed by atoms with Crippen molar-refractivity contribution in [2.24, 2.45) is 0 Å². The van der Waals surface area contributed by atoms with Crippen molar-refractivity contribution >= 4 is 21.5 Å². The fraction of sp³-hybridized carbons (Fsp3) is 0.714. The van der Waals surface area contributed by atoms with E-state index in [0.717, 1.165) is 4.57 Å². The summed E-state index contributed by atoms with van der Waals surface area (Å²) in [5, 5.41) is 20.2. The third-order valence-corrected chi connectivity index (χ3v) is 6.72. The summed E-state index contributed by atoms with van der Waals surface area (Å²) in [6.07, 6.45) is -4.82. The number of nitrogens with two attached hydrogens (primary N) is 1. The molecule has 0 aromatic carbocycles. The molecule has 1 aliphatic heterocycles. The van der Waals surface area contributed by atoms with Crippen LogP contribution in [0.15, 0.2) is 17.1 Å². The topological polar surface area (TPSA) is 213 Å². The fourth-order valence-electron chi connectivity index (χ4n) is 2.49. The van der Waals surface area contributed by atoms with Gasteiger partial charge in [0.25, 0.3) is 0 Å². The molecule has 18 heteroatoms. The molecule has 1 saturated heterocycles. The molecule has 0 saturated carbocycles. The molecule has 15 nitrogen and oxygen atoms in total. The van der Waals surface area contributed by atoms with Gasteiger partial charge in [-0.05, 0) is 6.07 Å². The second-order valence-electron chi connectivity index (χ2n) is 7.75. The van der Waals surface area contributed by atoms with Gasteiger partial charge in [-0.1, -0.05) is 0 Å². The van der Waals surface area contributed by atoms with Crippen LogP contribution < -0.4 is 41.0 Å². The second kappa shape index (κ2) is 11.5. The van der Waals surface area contributed by atoms with Crippen molar-refractivity contribution in [3.05, 3.63) is 22.7 Å². The number of phosphoric acid groups is 2. The predicted octanol–water partition coefficient (Wildman–Crippen LogP) is -4.59. The Hall–Kier alpha value is -0.220. The number of aliphatic hydroxyl groups is 2. The molecule has 6 N–H and O–H groups in total. The van der Waals surface area contributed by atoms with E-state index >= 15 is 0 Å². The van der Waals surface area contributed by atoms with E-state index in [1.807, 2.05) is 0 Å². The number of aromatic nitrogens is 2. The molecule has 1 fully saturated rings. The first kappa shape index (κ1) is 29.8. The van der Waals surface area contributed by atoms with Crippen LogP contribution in [-0.2, 0) is 27.2 Å². The SMILES string of the molecule is C[N+](C)(C)CCOP(=O)(O)OP(=O)(O)OC[C@@H]1O[C@H](n2ccc(N)nc2=O)[C@@H](O)[C@H]1O.[Na+]. The molecule has 0 spiro atoms. The summed E-state index contributed by atoms with van der Waals surface area (Å²) in [4.78, 5) is 34.7. The van der Waals surface area contributed by atoms with Crippen molar-refractivity contribution in [1.82, 2.24) is 9.55 Å². The quantitative estimate of drug-likeness (QED) is 0.114. The van der Waals surface area contributed by atoms with Gasteiger partial charge in [0, 0.05) is 6.20 Å². The number of quaternary nitrogens is 1. The molecule has 1 aromatic rings. The Kier molecular flexibility index (Phi) is 10.7. The molecule has 2 heterocycles. The Morgan fingerprint density at radius 2 is 1.78 bits per heavy atom. The number of ether oxygens (including phenoxy) is 1. The number of anilines is 1. The van der Waals surface area contributed by atoms with E-state index in [1.54, 1.807) is 21.1 Å². The fourth-order valence-corrected chi connectivity index (χ4v) is 4.56. The van der Waals surface area contributed by atoms with Gasteiger partial charge in [0.15, 0.2) is 6.23 Å². The maximum Gasteiger partial charge on any atom is 1.00 e. The van der Waals surface area contributed by atoms with Crippen LogP contribution in [0.3, 0.4) is 0 Å². The van der Waals surface area contributed by atoms with Gasteiger partial charge in [0.1, 0.15) is 37.3 Å². The van der Waals surface area contributed by atoms with Gasteiger partial charge in [-0.15, -0.1) is 0 Å². The van der Waals surface area contributed by atoms with Gasteiger partial charge < -0.3 is 35.0 Å². The number of phosphoric ester groups is 2. The van der Waals surface area contributed by atoms with Crippen LogP contribution in [-0.4, -0.2) is 93.2 Å². The average Bonchev–Trinajstić information content (AvgIpc) is 2.86. The summed E-state index contributed by atoms with van der Waals surface area (Å²) in [6.45, 7) is -0.746. The van der Waals surface area contributed by atoms with E-state index < -0.39 is 52.5 Å². The second-order valence-corrected chi connectivity index (χ2v) is 10.8. The van der Waals surface area contributed by atoms with Gasteiger partial charge in [-0.2, -0.15) is 9.29 Å². The minimum atomic E-state index is -5.11. The Morgan fingerprint density at radius 1 is 1.19 bits per heavy atom. The summed E-state index contributed by atoms with van der Waals surface area (Å²) in [6, 6.07) is 1.26. The molecule has 2 rings (SSSR count). The first-order valence-corrected chi connectivity index (χ1v) is 11.9.